The van der Waals surface area contributed by atoms with E-state index in [4.69, 9.17) is 9.84 Å². The van der Waals surface area contributed by atoms with Crippen LogP contribution in [-0.4, -0.2) is 24.9 Å². The Morgan fingerprint density at radius 1 is 0.950 bits per heavy atom. The van der Waals surface area contributed by atoms with Crippen LogP contribution in [-0.2, 0) is 4.74 Å². The molecule has 0 aliphatic rings. The molecule has 0 aromatic carbocycles. The van der Waals surface area contributed by atoms with Gasteiger partial charge in [-0.25, -0.2) is 0 Å². The van der Waals surface area contributed by atoms with E-state index in [2.05, 4.69) is 13.5 Å². The van der Waals surface area contributed by atoms with Crippen LogP contribution in [0.1, 0.15) is 77.6 Å². The Hall–Kier alpha value is -0.340. The van der Waals surface area contributed by atoms with E-state index < -0.39 is 0 Å². The maximum atomic E-state index is 9.11. The Balaban J connectivity index is 3.11. The van der Waals surface area contributed by atoms with Crippen LogP contribution in [0.25, 0.3) is 0 Å². The molecule has 0 aliphatic heterocycles. The van der Waals surface area contributed by atoms with Gasteiger partial charge < -0.3 is 9.84 Å². The van der Waals surface area contributed by atoms with Crippen LogP contribution in [0, 0.1) is 5.92 Å². The first-order valence-corrected chi connectivity index (χ1v) is 8.64. The molecule has 0 amide bonds. The molecular weight excluding hydrogens is 248 g/mol. The van der Waals surface area contributed by atoms with Crippen molar-refractivity contribution in [3.05, 3.63) is 12.7 Å². The molecule has 1 unspecified atom stereocenters. The van der Waals surface area contributed by atoms with E-state index in [0.717, 1.165) is 19.4 Å². The van der Waals surface area contributed by atoms with E-state index >= 15 is 0 Å². The molecule has 1 atom stereocenters. The van der Waals surface area contributed by atoms with Crippen molar-refractivity contribution in [2.45, 2.75) is 77.6 Å². The first-order chi connectivity index (χ1) is 9.85. The van der Waals surface area contributed by atoms with Crippen LogP contribution in [0.4, 0.5) is 0 Å². The van der Waals surface area contributed by atoms with Crippen LogP contribution >= 0.6 is 0 Å². The summed E-state index contributed by atoms with van der Waals surface area (Å²) in [5, 5.41) is 9.11. The molecule has 1 N–H and O–H groups in total. The number of rotatable bonds is 16. The Morgan fingerprint density at radius 3 is 2.00 bits per heavy atom. The highest BCUT2D eigenvalue weighted by Gasteiger charge is 2.04. The first-order valence-electron chi connectivity index (χ1n) is 8.64. The molecule has 20 heavy (non-hydrogen) atoms. The topological polar surface area (TPSA) is 29.5 Å². The lowest BCUT2D eigenvalue weighted by Crippen LogP contribution is -2.13. The fourth-order valence-electron chi connectivity index (χ4n) is 2.37. The lowest BCUT2D eigenvalue weighted by atomic mass is 10.1. The summed E-state index contributed by atoms with van der Waals surface area (Å²) in [7, 11) is 0. The van der Waals surface area contributed by atoms with Gasteiger partial charge in [-0.15, -0.1) is 6.58 Å². The lowest BCUT2D eigenvalue weighted by Gasteiger charge is -2.12. The first kappa shape index (κ1) is 19.7. The number of hydrogen-bond acceptors (Lipinski definition) is 2. The fraction of sp³-hybridized carbons (Fsp3) is 0.889. The Labute approximate surface area is 126 Å². The Kier molecular flexibility index (Phi) is 16.4. The number of aliphatic hydroxyl groups excluding tert-OH is 1. The highest BCUT2D eigenvalue weighted by Crippen LogP contribution is 2.10. The number of unbranched alkanes of at least 4 members (excludes halogenated alkanes) is 9. The van der Waals surface area contributed by atoms with Crippen molar-refractivity contribution in [2.75, 3.05) is 19.8 Å². The summed E-state index contributed by atoms with van der Waals surface area (Å²) in [5.41, 5.74) is 0. The van der Waals surface area contributed by atoms with Gasteiger partial charge in [0.1, 0.15) is 0 Å². The van der Waals surface area contributed by atoms with Crippen LogP contribution < -0.4 is 0 Å². The quantitative estimate of drug-likeness (QED) is 0.315. The summed E-state index contributed by atoms with van der Waals surface area (Å²) in [5.74, 6) is 0.232. The smallest absolute Gasteiger partial charge is 0.0519 e. The molecule has 0 heterocycles. The zero-order valence-corrected chi connectivity index (χ0v) is 13.6. The summed E-state index contributed by atoms with van der Waals surface area (Å²) >= 11 is 0. The number of allylic oxidation sites excluding steroid dienone is 1. The van der Waals surface area contributed by atoms with E-state index in [1.165, 1.54) is 57.8 Å². The maximum Gasteiger partial charge on any atom is 0.0519 e. The van der Waals surface area contributed by atoms with Gasteiger partial charge in [0.05, 0.1) is 6.61 Å². The van der Waals surface area contributed by atoms with E-state index in [9.17, 15) is 0 Å². The molecule has 0 fully saturated rings. The van der Waals surface area contributed by atoms with Gasteiger partial charge in [0, 0.05) is 19.1 Å². The van der Waals surface area contributed by atoms with Gasteiger partial charge in [-0.3, -0.25) is 0 Å². The largest absolute Gasteiger partial charge is 0.396 e. The second-order valence-electron chi connectivity index (χ2n) is 5.83. The molecule has 0 saturated heterocycles. The average molecular weight is 284 g/mol. The second-order valence-corrected chi connectivity index (χ2v) is 5.83. The number of ether oxygens (including phenoxy) is 1. The highest BCUT2D eigenvalue weighted by molar-refractivity contribution is 4.72. The summed E-state index contributed by atoms with van der Waals surface area (Å²) in [6.07, 6.45) is 16.2. The van der Waals surface area contributed by atoms with Gasteiger partial charge in [0.2, 0.25) is 0 Å². The fourth-order valence-corrected chi connectivity index (χ4v) is 2.37. The van der Waals surface area contributed by atoms with E-state index in [0.29, 0.717) is 6.61 Å². The van der Waals surface area contributed by atoms with Crippen LogP contribution in [0.3, 0.4) is 0 Å². The third-order valence-corrected chi connectivity index (χ3v) is 3.75. The molecule has 0 radical (unpaired) electrons. The van der Waals surface area contributed by atoms with Crippen molar-refractivity contribution in [1.29, 1.82) is 0 Å². The number of aliphatic hydroxyl groups is 1. The van der Waals surface area contributed by atoms with Crippen LogP contribution in [0.15, 0.2) is 12.7 Å². The third kappa shape index (κ3) is 14.1. The minimum absolute atomic E-state index is 0.198. The molecule has 0 aromatic heterocycles. The van der Waals surface area contributed by atoms with Crippen molar-refractivity contribution >= 4 is 0 Å². The summed E-state index contributed by atoms with van der Waals surface area (Å²) in [4.78, 5) is 0. The number of hydrogen-bond donors (Lipinski definition) is 1. The highest BCUT2D eigenvalue weighted by atomic mass is 16.5. The molecule has 2 nitrogen and oxygen atoms in total. The van der Waals surface area contributed by atoms with Gasteiger partial charge in [-0.05, 0) is 12.8 Å². The molecule has 0 spiro atoms. The molecule has 120 valence electrons. The SMILES string of the molecule is C=CCC(CO)COCCCCCCCCCCCC. The zero-order valence-electron chi connectivity index (χ0n) is 13.6. The van der Waals surface area contributed by atoms with Gasteiger partial charge in [0.15, 0.2) is 0 Å². The predicted molar refractivity (Wildman–Crippen MR) is 88.1 cm³/mol. The zero-order chi connectivity index (χ0) is 14.9. The second kappa shape index (κ2) is 16.7. The van der Waals surface area contributed by atoms with E-state index in [-0.39, 0.29) is 12.5 Å². The van der Waals surface area contributed by atoms with Gasteiger partial charge in [-0.1, -0.05) is 70.8 Å². The summed E-state index contributed by atoms with van der Waals surface area (Å²) in [6.45, 7) is 7.66. The average Bonchev–Trinajstić information content (AvgIpc) is 2.47. The molecule has 0 aromatic rings. The van der Waals surface area contributed by atoms with Crippen molar-refractivity contribution in [2.24, 2.45) is 5.92 Å². The van der Waals surface area contributed by atoms with Gasteiger partial charge in [0.25, 0.3) is 0 Å². The lowest BCUT2D eigenvalue weighted by molar-refractivity contribution is 0.0717. The minimum Gasteiger partial charge on any atom is -0.396 e. The van der Waals surface area contributed by atoms with Crippen molar-refractivity contribution in [3.8, 4) is 0 Å². The van der Waals surface area contributed by atoms with Gasteiger partial charge >= 0.3 is 0 Å². The molecular formula is C18H36O2. The van der Waals surface area contributed by atoms with Gasteiger partial charge in [-0.2, -0.15) is 0 Å². The molecule has 0 aliphatic carbocycles. The van der Waals surface area contributed by atoms with Crippen molar-refractivity contribution < 1.29 is 9.84 Å². The van der Waals surface area contributed by atoms with Crippen LogP contribution in [0.2, 0.25) is 0 Å². The van der Waals surface area contributed by atoms with E-state index in [1.54, 1.807) is 0 Å². The molecule has 2 heteroatoms. The molecule has 0 rings (SSSR count). The minimum atomic E-state index is 0.198. The Morgan fingerprint density at radius 2 is 1.50 bits per heavy atom. The summed E-state index contributed by atoms with van der Waals surface area (Å²) < 4.78 is 5.60. The van der Waals surface area contributed by atoms with E-state index in [1.807, 2.05) is 6.08 Å². The van der Waals surface area contributed by atoms with Crippen LogP contribution in [0.5, 0.6) is 0 Å². The predicted octanol–water partition coefficient (Wildman–Crippen LogP) is 5.11. The monoisotopic (exact) mass is 284 g/mol. The van der Waals surface area contributed by atoms with Crippen molar-refractivity contribution in [3.63, 3.8) is 0 Å². The molecule has 0 saturated carbocycles. The standard InChI is InChI=1S/C18H36O2/c1-3-5-6-7-8-9-10-11-12-13-15-20-17-18(16-19)14-4-2/h4,18-19H,2-3,5-17H2,1H3. The summed E-state index contributed by atoms with van der Waals surface area (Å²) in [6, 6.07) is 0. The third-order valence-electron chi connectivity index (χ3n) is 3.75. The normalized spacial score (nSPS) is 12.5. The Bertz CT molecular complexity index is 192. The molecule has 0 bridgehead atoms. The van der Waals surface area contributed by atoms with Crippen molar-refractivity contribution in [1.82, 2.24) is 0 Å². The maximum absolute atomic E-state index is 9.11.